The van der Waals surface area contributed by atoms with Crippen LogP contribution >= 0.6 is 12.4 Å². The fourth-order valence-electron chi connectivity index (χ4n) is 2.46. The van der Waals surface area contributed by atoms with Crippen molar-refractivity contribution in [1.29, 1.82) is 0 Å². The number of ether oxygens (including phenoxy) is 1. The molecule has 0 spiro atoms. The normalized spacial score (nSPS) is 17.3. The molecule has 2 aromatic rings. The van der Waals surface area contributed by atoms with Crippen LogP contribution in [0.5, 0.6) is 0 Å². The first-order valence-corrected chi connectivity index (χ1v) is 7.47. The van der Waals surface area contributed by atoms with Gasteiger partial charge >= 0.3 is 0 Å². The number of carbonyl (C=O) groups excluding carboxylic acids is 1. The Labute approximate surface area is 141 Å². The van der Waals surface area contributed by atoms with E-state index in [1.165, 1.54) is 0 Å². The molecule has 7 heteroatoms. The predicted molar refractivity (Wildman–Crippen MR) is 90.9 cm³/mol. The quantitative estimate of drug-likeness (QED) is 0.871. The minimum atomic E-state index is 0. The Morgan fingerprint density at radius 1 is 1.39 bits per heavy atom. The number of aromatic nitrogens is 2. The number of nitrogens with one attached hydrogen (secondary N) is 2. The van der Waals surface area contributed by atoms with Gasteiger partial charge in [0.05, 0.1) is 19.8 Å². The summed E-state index contributed by atoms with van der Waals surface area (Å²) in [6.07, 6.45) is 4.11. The van der Waals surface area contributed by atoms with Crippen molar-refractivity contribution in [3.8, 4) is 0 Å². The van der Waals surface area contributed by atoms with Gasteiger partial charge in [0.2, 0.25) is 5.91 Å². The minimum Gasteiger partial charge on any atom is -0.378 e. The number of morpholine rings is 1. The first-order chi connectivity index (χ1) is 10.8. The van der Waals surface area contributed by atoms with Crippen molar-refractivity contribution in [3.63, 3.8) is 0 Å². The van der Waals surface area contributed by atoms with E-state index >= 15 is 0 Å². The molecule has 1 saturated heterocycles. The van der Waals surface area contributed by atoms with Crippen molar-refractivity contribution in [2.75, 3.05) is 25.1 Å². The van der Waals surface area contributed by atoms with E-state index in [-0.39, 0.29) is 24.4 Å². The largest absolute Gasteiger partial charge is 0.378 e. The molecule has 1 amide bonds. The number of anilines is 1. The Bertz CT molecular complexity index is 595. The zero-order valence-electron chi connectivity index (χ0n) is 12.8. The van der Waals surface area contributed by atoms with Gasteiger partial charge in [0.15, 0.2) is 0 Å². The maximum absolute atomic E-state index is 12.0. The molecule has 2 heterocycles. The highest BCUT2D eigenvalue weighted by Crippen LogP contribution is 2.11. The number of rotatable bonds is 5. The summed E-state index contributed by atoms with van der Waals surface area (Å²) in [5, 5.41) is 10.4. The molecule has 3 rings (SSSR count). The van der Waals surface area contributed by atoms with Gasteiger partial charge in [-0.15, -0.1) is 12.4 Å². The predicted octanol–water partition coefficient (Wildman–Crippen LogP) is 1.67. The van der Waals surface area contributed by atoms with Crippen LogP contribution in [0.25, 0.3) is 0 Å². The van der Waals surface area contributed by atoms with Gasteiger partial charge in [-0.05, 0) is 23.8 Å². The van der Waals surface area contributed by atoms with Crippen LogP contribution in [0.15, 0.2) is 42.7 Å². The summed E-state index contributed by atoms with van der Waals surface area (Å²) in [5.74, 6) is 0.00262. The second-order valence-corrected chi connectivity index (χ2v) is 5.38. The van der Waals surface area contributed by atoms with Crippen LogP contribution in [0.1, 0.15) is 12.0 Å². The first kappa shape index (κ1) is 17.5. The molecule has 1 aliphatic rings. The van der Waals surface area contributed by atoms with Crippen LogP contribution in [0.2, 0.25) is 0 Å². The summed E-state index contributed by atoms with van der Waals surface area (Å²) in [6, 6.07) is 9.84. The van der Waals surface area contributed by atoms with Gasteiger partial charge < -0.3 is 15.4 Å². The van der Waals surface area contributed by atoms with E-state index < -0.39 is 0 Å². The molecule has 1 aromatic heterocycles. The Hall–Kier alpha value is -1.89. The molecule has 0 aliphatic carbocycles. The van der Waals surface area contributed by atoms with E-state index in [1.807, 2.05) is 41.2 Å². The number of amides is 1. The second kappa shape index (κ2) is 8.67. The minimum absolute atomic E-state index is 0. The highest BCUT2D eigenvalue weighted by molar-refractivity contribution is 5.91. The van der Waals surface area contributed by atoms with Crippen LogP contribution in [0, 0.1) is 0 Å². The molecule has 1 fully saturated rings. The summed E-state index contributed by atoms with van der Waals surface area (Å²) in [6.45, 7) is 2.84. The lowest BCUT2D eigenvalue weighted by Gasteiger charge is -2.23. The Morgan fingerprint density at radius 2 is 2.22 bits per heavy atom. The van der Waals surface area contributed by atoms with Crippen molar-refractivity contribution >= 4 is 24.0 Å². The molecular formula is C16H21ClN4O2. The molecule has 6 nitrogen and oxygen atoms in total. The Kier molecular flexibility index (Phi) is 6.58. The Balaban J connectivity index is 0.00000192. The zero-order valence-corrected chi connectivity index (χ0v) is 13.6. The molecule has 124 valence electrons. The Morgan fingerprint density at radius 3 is 2.87 bits per heavy atom. The van der Waals surface area contributed by atoms with E-state index in [4.69, 9.17) is 4.74 Å². The van der Waals surface area contributed by atoms with E-state index in [0.717, 1.165) is 30.9 Å². The van der Waals surface area contributed by atoms with Crippen molar-refractivity contribution < 1.29 is 9.53 Å². The maximum atomic E-state index is 12.0. The number of benzene rings is 1. The number of hydrogen-bond donors (Lipinski definition) is 2. The summed E-state index contributed by atoms with van der Waals surface area (Å²) in [7, 11) is 0. The highest BCUT2D eigenvalue weighted by Gasteiger charge is 2.16. The SMILES string of the molecule is Cl.O=C(CC1COCCN1)Nc1ccc(Cn2cccn2)cc1. The van der Waals surface area contributed by atoms with Gasteiger partial charge in [-0.25, -0.2) is 0 Å². The van der Waals surface area contributed by atoms with Crippen LogP contribution in [0.3, 0.4) is 0 Å². The smallest absolute Gasteiger partial charge is 0.226 e. The lowest BCUT2D eigenvalue weighted by atomic mass is 10.1. The lowest BCUT2D eigenvalue weighted by molar-refractivity contribution is -0.117. The van der Waals surface area contributed by atoms with E-state index in [2.05, 4.69) is 15.7 Å². The van der Waals surface area contributed by atoms with Gasteiger partial charge in [-0.2, -0.15) is 5.10 Å². The average molecular weight is 337 g/mol. The summed E-state index contributed by atoms with van der Waals surface area (Å²) in [4.78, 5) is 12.0. The van der Waals surface area contributed by atoms with Crippen molar-refractivity contribution in [3.05, 3.63) is 48.3 Å². The van der Waals surface area contributed by atoms with E-state index in [1.54, 1.807) is 6.20 Å². The van der Waals surface area contributed by atoms with E-state index in [0.29, 0.717) is 13.0 Å². The van der Waals surface area contributed by atoms with Crippen LogP contribution in [0.4, 0.5) is 5.69 Å². The average Bonchev–Trinajstić information content (AvgIpc) is 3.03. The summed E-state index contributed by atoms with van der Waals surface area (Å²) in [5.41, 5.74) is 1.95. The third kappa shape index (κ3) is 5.35. The van der Waals surface area contributed by atoms with E-state index in [9.17, 15) is 4.79 Å². The fourth-order valence-corrected chi connectivity index (χ4v) is 2.46. The zero-order chi connectivity index (χ0) is 15.2. The maximum Gasteiger partial charge on any atom is 0.226 e. The standard InChI is InChI=1S/C16H20N4O2.ClH/c21-16(10-15-12-22-9-7-17-15)19-14-4-2-13(3-5-14)11-20-8-1-6-18-20;/h1-6,8,15,17H,7,9-12H2,(H,19,21);1H. The molecule has 1 aliphatic heterocycles. The topological polar surface area (TPSA) is 68.2 Å². The molecule has 0 radical (unpaired) electrons. The van der Waals surface area contributed by atoms with Gasteiger partial charge in [-0.3, -0.25) is 9.48 Å². The van der Waals surface area contributed by atoms with Crippen molar-refractivity contribution in [2.45, 2.75) is 19.0 Å². The van der Waals surface area contributed by atoms with Gasteiger partial charge in [0.1, 0.15) is 0 Å². The fraction of sp³-hybridized carbons (Fsp3) is 0.375. The number of hydrogen-bond acceptors (Lipinski definition) is 4. The van der Waals surface area contributed by atoms with Gasteiger partial charge in [0.25, 0.3) is 0 Å². The third-order valence-electron chi connectivity index (χ3n) is 3.57. The lowest BCUT2D eigenvalue weighted by Crippen LogP contribution is -2.43. The van der Waals surface area contributed by atoms with Crippen LogP contribution < -0.4 is 10.6 Å². The molecular weight excluding hydrogens is 316 g/mol. The summed E-state index contributed by atoms with van der Waals surface area (Å²) < 4.78 is 7.21. The van der Waals surface area contributed by atoms with Gasteiger partial charge in [-0.1, -0.05) is 12.1 Å². The molecule has 0 saturated carbocycles. The molecule has 2 N–H and O–H groups in total. The summed E-state index contributed by atoms with van der Waals surface area (Å²) >= 11 is 0. The third-order valence-corrected chi connectivity index (χ3v) is 3.57. The van der Waals surface area contributed by atoms with Gasteiger partial charge in [0, 0.05) is 37.1 Å². The highest BCUT2D eigenvalue weighted by atomic mass is 35.5. The molecule has 1 aromatic carbocycles. The number of carbonyl (C=O) groups is 1. The molecule has 1 unspecified atom stereocenters. The molecule has 1 atom stereocenters. The molecule has 23 heavy (non-hydrogen) atoms. The van der Waals surface area contributed by atoms with Crippen molar-refractivity contribution in [2.24, 2.45) is 0 Å². The number of halogens is 1. The number of nitrogens with zero attached hydrogens (tertiary/aromatic N) is 2. The monoisotopic (exact) mass is 336 g/mol. The first-order valence-electron chi connectivity index (χ1n) is 7.47. The van der Waals surface area contributed by atoms with Crippen molar-refractivity contribution in [1.82, 2.24) is 15.1 Å². The second-order valence-electron chi connectivity index (χ2n) is 5.38. The van der Waals surface area contributed by atoms with Crippen LogP contribution in [-0.2, 0) is 16.1 Å². The van der Waals surface area contributed by atoms with Crippen LogP contribution in [-0.4, -0.2) is 41.5 Å². The molecule has 0 bridgehead atoms.